The lowest BCUT2D eigenvalue weighted by Gasteiger charge is -2.09. The second-order valence-corrected chi connectivity index (χ2v) is 7.01. The van der Waals surface area contributed by atoms with Crippen molar-refractivity contribution in [2.24, 2.45) is 0 Å². The van der Waals surface area contributed by atoms with Gasteiger partial charge in [0.25, 0.3) is 0 Å². The molecule has 0 fully saturated rings. The first-order valence-electron chi connectivity index (χ1n) is 7.30. The first-order valence-corrected chi connectivity index (χ1v) is 8.12. The molecule has 1 aromatic heterocycles. The van der Waals surface area contributed by atoms with Gasteiger partial charge in [0.2, 0.25) is 5.78 Å². The minimum absolute atomic E-state index is 0.208. The Morgan fingerprint density at radius 1 is 1.00 bits per heavy atom. The van der Waals surface area contributed by atoms with Crippen LogP contribution in [0.1, 0.15) is 55.2 Å². The van der Waals surface area contributed by atoms with Gasteiger partial charge in [0, 0.05) is 10.4 Å². The topological polar surface area (TPSA) is 17.1 Å². The van der Waals surface area contributed by atoms with Crippen LogP contribution in [0.5, 0.6) is 0 Å². The molecule has 1 aromatic carbocycles. The van der Waals surface area contributed by atoms with E-state index in [4.69, 9.17) is 0 Å². The summed E-state index contributed by atoms with van der Waals surface area (Å²) in [5, 5.41) is 0. The lowest BCUT2D eigenvalue weighted by molar-refractivity contribution is 0.104. The van der Waals surface area contributed by atoms with Crippen LogP contribution in [0.2, 0.25) is 0 Å². The predicted octanol–water partition coefficient (Wildman–Crippen LogP) is 4.78. The van der Waals surface area contributed by atoms with E-state index in [2.05, 4.69) is 25.1 Å². The number of carbonyl (C=O) groups excluding carboxylic acids is 1. The van der Waals surface area contributed by atoms with Gasteiger partial charge < -0.3 is 0 Å². The average Bonchev–Trinajstić information content (AvgIpc) is 2.81. The molecule has 1 aliphatic rings. The normalized spacial score (nSPS) is 14.2. The molecule has 0 spiro atoms. The largest absolute Gasteiger partial charge is 0.288 e. The molecule has 20 heavy (non-hydrogen) atoms. The minimum atomic E-state index is 0.208. The molecule has 2 heteroatoms. The van der Waals surface area contributed by atoms with Crippen LogP contribution in [0.25, 0.3) is 0 Å². The lowest BCUT2D eigenvalue weighted by Crippen LogP contribution is -2.05. The van der Waals surface area contributed by atoms with Crippen LogP contribution in [-0.4, -0.2) is 5.78 Å². The molecule has 1 heterocycles. The second-order valence-electron chi connectivity index (χ2n) is 5.87. The van der Waals surface area contributed by atoms with E-state index in [1.165, 1.54) is 28.8 Å². The number of hydrogen-bond donors (Lipinski definition) is 0. The van der Waals surface area contributed by atoms with Gasteiger partial charge in [-0.3, -0.25) is 4.79 Å². The van der Waals surface area contributed by atoms with E-state index in [9.17, 15) is 4.79 Å². The molecule has 0 saturated heterocycles. The molecule has 2 aromatic rings. The zero-order valence-corrected chi connectivity index (χ0v) is 13.2. The predicted molar refractivity (Wildman–Crippen MR) is 85.0 cm³/mol. The highest BCUT2D eigenvalue weighted by molar-refractivity contribution is 7.14. The maximum Gasteiger partial charge on any atom is 0.203 e. The van der Waals surface area contributed by atoms with Crippen molar-refractivity contribution >= 4 is 17.1 Å². The van der Waals surface area contributed by atoms with Gasteiger partial charge >= 0.3 is 0 Å². The highest BCUT2D eigenvalue weighted by atomic mass is 32.1. The Morgan fingerprint density at radius 2 is 1.65 bits per heavy atom. The van der Waals surface area contributed by atoms with Gasteiger partial charge in [-0.2, -0.15) is 0 Å². The van der Waals surface area contributed by atoms with E-state index in [0.717, 1.165) is 34.4 Å². The average molecular weight is 284 g/mol. The van der Waals surface area contributed by atoms with Gasteiger partial charge in [0.1, 0.15) is 0 Å². The van der Waals surface area contributed by atoms with E-state index < -0.39 is 0 Å². The summed E-state index contributed by atoms with van der Waals surface area (Å²) in [5.41, 5.74) is 5.72. The second kappa shape index (κ2) is 5.17. The summed E-state index contributed by atoms with van der Waals surface area (Å²) in [4.78, 5) is 15.2. The first kappa shape index (κ1) is 13.6. The Kier molecular flexibility index (Phi) is 3.51. The van der Waals surface area contributed by atoms with Crippen molar-refractivity contribution in [3.63, 3.8) is 0 Å². The first-order chi connectivity index (χ1) is 9.56. The molecular weight excluding hydrogens is 264 g/mol. The van der Waals surface area contributed by atoms with Crippen LogP contribution >= 0.6 is 11.3 Å². The van der Waals surface area contributed by atoms with Crippen molar-refractivity contribution < 1.29 is 4.79 Å². The lowest BCUT2D eigenvalue weighted by atomic mass is 9.94. The summed E-state index contributed by atoms with van der Waals surface area (Å²) in [6.07, 6.45) is 4.83. The maximum atomic E-state index is 12.8. The summed E-state index contributed by atoms with van der Waals surface area (Å²) in [6, 6.07) is 6.35. The number of thiophene rings is 1. The van der Waals surface area contributed by atoms with Gasteiger partial charge in [-0.25, -0.2) is 0 Å². The number of aryl methyl sites for hydroxylation is 5. The molecule has 0 N–H and O–H groups in total. The highest BCUT2D eigenvalue weighted by Gasteiger charge is 2.20. The Bertz CT molecular complexity index is 632. The van der Waals surface area contributed by atoms with Gasteiger partial charge in [0.15, 0.2) is 0 Å². The number of fused-ring (bicyclic) bond motifs is 1. The molecular formula is C18H20OS. The summed E-state index contributed by atoms with van der Waals surface area (Å²) in [6.45, 7) is 6.17. The molecule has 3 rings (SSSR count). The summed E-state index contributed by atoms with van der Waals surface area (Å²) in [7, 11) is 0. The van der Waals surface area contributed by atoms with Crippen LogP contribution in [0.15, 0.2) is 18.2 Å². The number of rotatable bonds is 2. The molecule has 0 bridgehead atoms. The molecule has 0 amide bonds. The molecule has 0 radical (unpaired) electrons. The van der Waals surface area contributed by atoms with Gasteiger partial charge in [-0.15, -0.1) is 11.3 Å². The van der Waals surface area contributed by atoms with Gasteiger partial charge in [0.05, 0.1) is 4.88 Å². The number of carbonyl (C=O) groups is 1. The van der Waals surface area contributed by atoms with Crippen LogP contribution < -0.4 is 0 Å². The van der Waals surface area contributed by atoms with Crippen LogP contribution in [0.3, 0.4) is 0 Å². The van der Waals surface area contributed by atoms with E-state index in [1.807, 2.05) is 13.8 Å². The number of benzene rings is 1. The van der Waals surface area contributed by atoms with Crippen molar-refractivity contribution in [3.8, 4) is 0 Å². The zero-order chi connectivity index (χ0) is 14.3. The van der Waals surface area contributed by atoms with Crippen LogP contribution in [0.4, 0.5) is 0 Å². The Labute approximate surface area is 124 Å². The summed E-state index contributed by atoms with van der Waals surface area (Å²) < 4.78 is 0. The van der Waals surface area contributed by atoms with Crippen molar-refractivity contribution in [2.75, 3.05) is 0 Å². The molecule has 0 atom stereocenters. The molecule has 0 unspecified atom stereocenters. The van der Waals surface area contributed by atoms with Crippen molar-refractivity contribution in [2.45, 2.75) is 46.5 Å². The summed E-state index contributed by atoms with van der Waals surface area (Å²) in [5.74, 6) is 0.208. The Balaban J connectivity index is 2.03. The SMILES string of the molecule is Cc1cc(C)c(C(=O)c2cc3c(s2)CCCC3)c(C)c1. The fraction of sp³-hybridized carbons (Fsp3) is 0.389. The Hall–Kier alpha value is -1.41. The monoisotopic (exact) mass is 284 g/mol. The quantitative estimate of drug-likeness (QED) is 0.725. The minimum Gasteiger partial charge on any atom is -0.288 e. The molecule has 1 nitrogen and oxygen atoms in total. The van der Waals surface area contributed by atoms with Crippen molar-refractivity contribution in [1.29, 1.82) is 0 Å². The van der Waals surface area contributed by atoms with E-state index in [-0.39, 0.29) is 5.78 Å². The number of hydrogen-bond acceptors (Lipinski definition) is 2. The van der Waals surface area contributed by atoms with Gasteiger partial charge in [-0.05, 0) is 69.2 Å². The fourth-order valence-electron chi connectivity index (χ4n) is 3.26. The highest BCUT2D eigenvalue weighted by Crippen LogP contribution is 2.32. The van der Waals surface area contributed by atoms with Crippen molar-refractivity contribution in [3.05, 3.63) is 55.8 Å². The van der Waals surface area contributed by atoms with E-state index in [1.54, 1.807) is 11.3 Å². The maximum absolute atomic E-state index is 12.8. The molecule has 104 valence electrons. The number of ketones is 1. The third kappa shape index (κ3) is 2.33. The molecule has 0 saturated carbocycles. The third-order valence-electron chi connectivity index (χ3n) is 4.12. The van der Waals surface area contributed by atoms with Crippen LogP contribution in [-0.2, 0) is 12.8 Å². The smallest absolute Gasteiger partial charge is 0.203 e. The zero-order valence-electron chi connectivity index (χ0n) is 12.4. The standard InChI is InChI=1S/C18H20OS/c1-11-8-12(2)17(13(3)9-11)18(19)16-10-14-6-4-5-7-15(14)20-16/h8-10H,4-7H2,1-3H3. The van der Waals surface area contributed by atoms with Crippen molar-refractivity contribution in [1.82, 2.24) is 0 Å². The van der Waals surface area contributed by atoms with Crippen LogP contribution in [0, 0.1) is 20.8 Å². The van der Waals surface area contributed by atoms with E-state index in [0.29, 0.717) is 0 Å². The summed E-state index contributed by atoms with van der Waals surface area (Å²) >= 11 is 1.71. The molecule has 1 aliphatic carbocycles. The van der Waals surface area contributed by atoms with E-state index >= 15 is 0 Å². The third-order valence-corrected chi connectivity index (χ3v) is 5.36. The Morgan fingerprint density at radius 3 is 2.30 bits per heavy atom. The fourth-order valence-corrected chi connectivity index (χ4v) is 4.46. The van der Waals surface area contributed by atoms with Gasteiger partial charge in [-0.1, -0.05) is 17.7 Å². The molecule has 0 aliphatic heterocycles.